The van der Waals surface area contributed by atoms with Crippen molar-refractivity contribution in [3.63, 3.8) is 0 Å². The van der Waals surface area contributed by atoms with Crippen LogP contribution in [-0.2, 0) is 17.8 Å². The lowest BCUT2D eigenvalue weighted by atomic mass is 10.1. The van der Waals surface area contributed by atoms with E-state index < -0.39 is 0 Å². The molecule has 1 fully saturated rings. The fraction of sp³-hybridized carbons (Fsp3) is 0.381. The molecule has 0 bridgehead atoms. The van der Waals surface area contributed by atoms with Gasteiger partial charge in [0, 0.05) is 44.2 Å². The lowest BCUT2D eigenvalue weighted by Crippen LogP contribution is -2.48. The summed E-state index contributed by atoms with van der Waals surface area (Å²) in [7, 11) is 1.67. The number of amides is 1. The van der Waals surface area contributed by atoms with Crippen LogP contribution in [0.5, 0.6) is 5.75 Å². The van der Waals surface area contributed by atoms with Crippen LogP contribution in [0.15, 0.2) is 48.5 Å². The van der Waals surface area contributed by atoms with E-state index >= 15 is 0 Å². The van der Waals surface area contributed by atoms with Gasteiger partial charge in [0.15, 0.2) is 0 Å². The number of ether oxygens (including phenoxy) is 1. The Balaban J connectivity index is 1.47. The molecule has 0 aliphatic carbocycles. The molecule has 0 atom stereocenters. The van der Waals surface area contributed by atoms with Crippen LogP contribution in [0, 0.1) is 0 Å². The van der Waals surface area contributed by atoms with E-state index in [2.05, 4.69) is 11.0 Å². The van der Waals surface area contributed by atoms with Gasteiger partial charge in [0.25, 0.3) is 0 Å². The first kappa shape index (κ1) is 18.7. The van der Waals surface area contributed by atoms with E-state index in [4.69, 9.17) is 16.3 Å². The standard InChI is InChI=1S/C21H25ClN2O2/c1-26-20-9-5-3-6-17(20)10-11-21(25)24-14-12-23(13-15-24)16-18-7-2-4-8-19(18)22/h2-9H,10-16H2,1H3. The molecule has 0 spiro atoms. The number of aryl methyl sites for hydroxylation is 1. The second kappa shape index (κ2) is 9.06. The van der Waals surface area contributed by atoms with Crippen molar-refractivity contribution in [3.05, 3.63) is 64.7 Å². The smallest absolute Gasteiger partial charge is 0.222 e. The summed E-state index contributed by atoms with van der Waals surface area (Å²) in [5.41, 5.74) is 2.23. The van der Waals surface area contributed by atoms with Crippen molar-refractivity contribution in [2.45, 2.75) is 19.4 Å². The lowest BCUT2D eigenvalue weighted by molar-refractivity contribution is -0.133. The average Bonchev–Trinajstić information content (AvgIpc) is 2.68. The lowest BCUT2D eigenvalue weighted by Gasteiger charge is -2.35. The zero-order valence-electron chi connectivity index (χ0n) is 15.2. The maximum absolute atomic E-state index is 12.5. The van der Waals surface area contributed by atoms with Crippen LogP contribution in [-0.4, -0.2) is 49.0 Å². The molecule has 0 unspecified atom stereocenters. The van der Waals surface area contributed by atoms with Crippen molar-refractivity contribution in [1.82, 2.24) is 9.80 Å². The molecule has 0 N–H and O–H groups in total. The Hall–Kier alpha value is -2.04. The monoisotopic (exact) mass is 372 g/mol. The van der Waals surface area contributed by atoms with E-state index in [-0.39, 0.29) is 5.91 Å². The van der Waals surface area contributed by atoms with Gasteiger partial charge in [0.2, 0.25) is 5.91 Å². The van der Waals surface area contributed by atoms with Gasteiger partial charge in [-0.25, -0.2) is 0 Å². The molecular weight excluding hydrogens is 348 g/mol. The maximum atomic E-state index is 12.5. The van der Waals surface area contributed by atoms with Gasteiger partial charge in [-0.3, -0.25) is 9.69 Å². The third-order valence-electron chi connectivity index (χ3n) is 4.88. The van der Waals surface area contributed by atoms with Gasteiger partial charge < -0.3 is 9.64 Å². The highest BCUT2D eigenvalue weighted by Gasteiger charge is 2.21. The largest absolute Gasteiger partial charge is 0.496 e. The molecule has 0 radical (unpaired) electrons. The van der Waals surface area contributed by atoms with Crippen LogP contribution in [0.4, 0.5) is 0 Å². The highest BCUT2D eigenvalue weighted by molar-refractivity contribution is 6.31. The van der Waals surface area contributed by atoms with Crippen molar-refractivity contribution in [2.24, 2.45) is 0 Å². The van der Waals surface area contributed by atoms with Gasteiger partial charge >= 0.3 is 0 Å². The van der Waals surface area contributed by atoms with E-state index in [0.29, 0.717) is 12.8 Å². The van der Waals surface area contributed by atoms with Crippen LogP contribution in [0.3, 0.4) is 0 Å². The first-order valence-corrected chi connectivity index (χ1v) is 9.40. The van der Waals surface area contributed by atoms with Gasteiger partial charge in [0.1, 0.15) is 5.75 Å². The number of hydrogen-bond donors (Lipinski definition) is 0. The van der Waals surface area contributed by atoms with E-state index in [1.54, 1.807) is 7.11 Å². The van der Waals surface area contributed by atoms with Crippen molar-refractivity contribution in [1.29, 1.82) is 0 Å². The molecule has 1 amide bonds. The fourth-order valence-electron chi connectivity index (χ4n) is 3.33. The van der Waals surface area contributed by atoms with Crippen molar-refractivity contribution in [3.8, 4) is 5.75 Å². The normalized spacial score (nSPS) is 15.1. The number of piperazine rings is 1. The fourth-order valence-corrected chi connectivity index (χ4v) is 3.53. The van der Waals surface area contributed by atoms with Gasteiger partial charge in [-0.1, -0.05) is 48.0 Å². The van der Waals surface area contributed by atoms with Crippen molar-refractivity contribution in [2.75, 3.05) is 33.3 Å². The van der Waals surface area contributed by atoms with Crippen molar-refractivity contribution < 1.29 is 9.53 Å². The van der Waals surface area contributed by atoms with E-state index in [1.807, 2.05) is 47.4 Å². The molecule has 26 heavy (non-hydrogen) atoms. The summed E-state index contributed by atoms with van der Waals surface area (Å²) in [5.74, 6) is 1.07. The molecule has 3 rings (SSSR count). The summed E-state index contributed by atoms with van der Waals surface area (Å²) in [4.78, 5) is 16.9. The van der Waals surface area contributed by atoms with E-state index in [0.717, 1.165) is 54.6 Å². The molecule has 4 nitrogen and oxygen atoms in total. The summed E-state index contributed by atoms with van der Waals surface area (Å²) in [6.07, 6.45) is 1.23. The third kappa shape index (κ3) is 4.77. The van der Waals surface area contributed by atoms with Crippen LogP contribution < -0.4 is 4.74 Å². The minimum atomic E-state index is 0.216. The number of halogens is 1. The average molecular weight is 373 g/mol. The predicted molar refractivity (Wildman–Crippen MR) is 105 cm³/mol. The Morgan fingerprint density at radius 1 is 1.00 bits per heavy atom. The van der Waals surface area contributed by atoms with Crippen LogP contribution in [0.2, 0.25) is 5.02 Å². The predicted octanol–water partition coefficient (Wildman–Crippen LogP) is 3.63. The number of para-hydroxylation sites is 1. The van der Waals surface area contributed by atoms with Gasteiger partial charge in [0.05, 0.1) is 7.11 Å². The summed E-state index contributed by atoms with van der Waals surface area (Å²) < 4.78 is 5.36. The number of benzene rings is 2. The number of carbonyl (C=O) groups excluding carboxylic acids is 1. The summed E-state index contributed by atoms with van der Waals surface area (Å²) >= 11 is 6.25. The Bertz CT molecular complexity index is 742. The molecular formula is C21H25ClN2O2. The Labute approximate surface area is 160 Å². The molecule has 138 valence electrons. The number of hydrogen-bond acceptors (Lipinski definition) is 3. The minimum absolute atomic E-state index is 0.216. The quantitative estimate of drug-likeness (QED) is 0.776. The van der Waals surface area contributed by atoms with E-state index in [9.17, 15) is 4.79 Å². The first-order valence-electron chi connectivity index (χ1n) is 9.03. The van der Waals surface area contributed by atoms with Gasteiger partial charge in [-0.05, 0) is 29.7 Å². The number of carbonyl (C=O) groups is 1. The van der Waals surface area contributed by atoms with E-state index in [1.165, 1.54) is 0 Å². The number of nitrogens with zero attached hydrogens (tertiary/aromatic N) is 2. The van der Waals surface area contributed by atoms with Gasteiger partial charge in [-0.15, -0.1) is 0 Å². The Kier molecular flexibility index (Phi) is 6.53. The van der Waals surface area contributed by atoms with Crippen LogP contribution in [0.25, 0.3) is 0 Å². The van der Waals surface area contributed by atoms with Crippen LogP contribution in [0.1, 0.15) is 17.5 Å². The number of rotatable bonds is 6. The molecule has 0 aromatic heterocycles. The summed E-state index contributed by atoms with van der Waals surface area (Å²) in [5, 5.41) is 0.808. The third-order valence-corrected chi connectivity index (χ3v) is 5.25. The highest BCUT2D eigenvalue weighted by Crippen LogP contribution is 2.20. The zero-order valence-corrected chi connectivity index (χ0v) is 15.9. The molecule has 5 heteroatoms. The molecule has 1 heterocycles. The second-order valence-corrected chi connectivity index (χ2v) is 6.97. The SMILES string of the molecule is COc1ccccc1CCC(=O)N1CCN(Cc2ccccc2Cl)CC1. The Morgan fingerprint density at radius 3 is 2.35 bits per heavy atom. The molecule has 2 aromatic carbocycles. The molecule has 0 saturated carbocycles. The first-order chi connectivity index (χ1) is 12.7. The molecule has 2 aromatic rings. The Morgan fingerprint density at radius 2 is 1.65 bits per heavy atom. The minimum Gasteiger partial charge on any atom is -0.496 e. The van der Waals surface area contributed by atoms with Gasteiger partial charge in [-0.2, -0.15) is 0 Å². The molecule has 1 aliphatic heterocycles. The maximum Gasteiger partial charge on any atom is 0.222 e. The van der Waals surface area contributed by atoms with Crippen LogP contribution >= 0.6 is 11.6 Å². The highest BCUT2D eigenvalue weighted by atomic mass is 35.5. The topological polar surface area (TPSA) is 32.8 Å². The molecule has 1 saturated heterocycles. The number of methoxy groups -OCH3 is 1. The summed E-state index contributed by atoms with van der Waals surface area (Å²) in [6.45, 7) is 4.14. The molecule has 1 aliphatic rings. The zero-order chi connectivity index (χ0) is 18.4. The second-order valence-electron chi connectivity index (χ2n) is 6.56. The summed E-state index contributed by atoms with van der Waals surface area (Å²) in [6, 6.07) is 15.8. The van der Waals surface area contributed by atoms with Crippen molar-refractivity contribution >= 4 is 17.5 Å².